The molecule has 0 fully saturated rings. The van der Waals surface area contributed by atoms with Crippen LogP contribution in [0.1, 0.15) is 18.1 Å². The molecule has 0 aromatic heterocycles. The topological polar surface area (TPSA) is 82.1 Å². The summed E-state index contributed by atoms with van der Waals surface area (Å²) in [6.07, 6.45) is -12.4. The average molecular weight is 837 g/mol. The van der Waals surface area contributed by atoms with Crippen molar-refractivity contribution in [3.63, 3.8) is 0 Å². The Morgan fingerprint density at radius 2 is 1.25 bits per heavy atom. The van der Waals surface area contributed by atoms with Crippen LogP contribution < -0.4 is 9.47 Å². The van der Waals surface area contributed by atoms with Crippen LogP contribution in [0.4, 0.5) is 26.3 Å². The molecule has 40 heavy (non-hydrogen) atoms. The summed E-state index contributed by atoms with van der Waals surface area (Å²) < 4.78 is 93.3. The van der Waals surface area contributed by atoms with E-state index in [4.69, 9.17) is 37.8 Å². The molecule has 2 unspecified atom stereocenters. The number of ether oxygens (including phenoxy) is 3. The summed E-state index contributed by atoms with van der Waals surface area (Å²) >= 11 is 15.6. The van der Waals surface area contributed by atoms with E-state index in [0.29, 0.717) is 12.7 Å². The second kappa shape index (κ2) is 12.5. The molecule has 16 heteroatoms. The van der Waals surface area contributed by atoms with Crippen molar-refractivity contribution in [2.45, 2.75) is 31.5 Å². The first-order valence-corrected chi connectivity index (χ1v) is 13.6. The zero-order valence-corrected chi connectivity index (χ0v) is 25.4. The minimum atomic E-state index is -4.83. The van der Waals surface area contributed by atoms with Gasteiger partial charge < -0.3 is 19.3 Å². The van der Waals surface area contributed by atoms with Crippen molar-refractivity contribution in [2.75, 3.05) is 6.61 Å². The Hall–Kier alpha value is -1.92. The maximum absolute atomic E-state index is 13.1. The standard InChI is InChI=1S/C13H9ClF3IO3.C11H5ClF3IO3/c1-2-20-12(19)8-4-6-3-7(18)5-9(14)10(6)21-11(8)13(15,16)17;12-7-3-5(16)1-4-2-6(10(17)18)9(11(13,14)15)19-8(4)7/h3-5,11H,2H2,1H3;1-3,9H,(H,17,18). The molecule has 2 aliphatic heterocycles. The summed E-state index contributed by atoms with van der Waals surface area (Å²) in [7, 11) is 0. The summed E-state index contributed by atoms with van der Waals surface area (Å²) in [5.41, 5.74) is -0.918. The highest BCUT2D eigenvalue weighted by atomic mass is 127. The molecule has 216 valence electrons. The van der Waals surface area contributed by atoms with E-state index in [0.717, 1.165) is 12.2 Å². The zero-order valence-electron chi connectivity index (χ0n) is 19.6. The molecule has 2 aromatic carbocycles. The number of aliphatic carboxylic acids is 1. The summed E-state index contributed by atoms with van der Waals surface area (Å²) in [6.45, 7) is 1.49. The minimum absolute atomic E-state index is 0.0110. The number of esters is 1. The largest absolute Gasteiger partial charge is 0.478 e. The van der Waals surface area contributed by atoms with E-state index in [-0.39, 0.29) is 33.7 Å². The third kappa shape index (κ3) is 7.47. The lowest BCUT2D eigenvalue weighted by molar-refractivity contribution is -0.187. The Kier molecular flexibility index (Phi) is 10.2. The van der Waals surface area contributed by atoms with Crippen molar-refractivity contribution in [1.82, 2.24) is 0 Å². The van der Waals surface area contributed by atoms with Crippen LogP contribution in [0.15, 0.2) is 35.4 Å². The van der Waals surface area contributed by atoms with Gasteiger partial charge in [-0.25, -0.2) is 9.59 Å². The normalized spacial score (nSPS) is 18.0. The second-order valence-electron chi connectivity index (χ2n) is 7.92. The minimum Gasteiger partial charge on any atom is -0.478 e. The van der Waals surface area contributed by atoms with E-state index in [1.165, 1.54) is 25.1 Å². The first-order valence-electron chi connectivity index (χ1n) is 10.7. The van der Waals surface area contributed by atoms with E-state index in [1.54, 1.807) is 6.07 Å². The van der Waals surface area contributed by atoms with Crippen LogP contribution in [0, 0.1) is 7.14 Å². The maximum atomic E-state index is 13.1. The highest BCUT2D eigenvalue weighted by Crippen LogP contribution is 2.43. The number of carboxylic acids is 1. The molecule has 2 aromatic rings. The van der Waals surface area contributed by atoms with Crippen molar-refractivity contribution < 1.29 is 55.2 Å². The van der Waals surface area contributed by atoms with Gasteiger partial charge >= 0.3 is 24.3 Å². The number of hydrogen-bond acceptors (Lipinski definition) is 5. The number of carboxylic acid groups (broad SMARTS) is 1. The summed E-state index contributed by atoms with van der Waals surface area (Å²) in [5, 5.41) is 8.92. The van der Waals surface area contributed by atoms with Gasteiger partial charge in [0.05, 0.1) is 27.8 Å². The van der Waals surface area contributed by atoms with Crippen LogP contribution in [-0.4, -0.2) is 48.2 Å². The van der Waals surface area contributed by atoms with Gasteiger partial charge in [0.15, 0.2) is 0 Å². The van der Waals surface area contributed by atoms with Crippen LogP contribution in [0.2, 0.25) is 10.0 Å². The smallest absolute Gasteiger partial charge is 0.430 e. The van der Waals surface area contributed by atoms with Gasteiger partial charge in [-0.2, -0.15) is 26.3 Å². The Balaban J connectivity index is 0.000000222. The second-order valence-corrected chi connectivity index (χ2v) is 11.2. The third-order valence-corrected chi connectivity index (χ3v) is 6.89. The van der Waals surface area contributed by atoms with Crippen LogP contribution >= 0.6 is 68.4 Å². The lowest BCUT2D eigenvalue weighted by atomic mass is 10.0. The molecule has 0 spiro atoms. The van der Waals surface area contributed by atoms with Gasteiger partial charge in [0.1, 0.15) is 11.5 Å². The molecule has 6 nitrogen and oxygen atoms in total. The lowest BCUT2D eigenvalue weighted by Gasteiger charge is -2.28. The number of carbonyl (C=O) groups is 2. The monoisotopic (exact) mass is 836 g/mol. The average Bonchev–Trinajstić information content (AvgIpc) is 2.81. The molecule has 0 saturated heterocycles. The summed E-state index contributed by atoms with van der Waals surface area (Å²) in [6, 6.07) is 6.00. The van der Waals surface area contributed by atoms with Crippen LogP contribution in [-0.2, 0) is 14.3 Å². The number of halogens is 10. The van der Waals surface area contributed by atoms with E-state index in [9.17, 15) is 35.9 Å². The molecule has 2 aliphatic rings. The first kappa shape index (κ1) is 32.6. The van der Waals surface area contributed by atoms with Gasteiger partial charge in [-0.15, -0.1) is 0 Å². The highest BCUT2D eigenvalue weighted by molar-refractivity contribution is 14.1. The fraction of sp³-hybridized carbons (Fsp3) is 0.250. The number of rotatable bonds is 3. The van der Waals surface area contributed by atoms with E-state index in [2.05, 4.69) is 4.74 Å². The fourth-order valence-electron chi connectivity index (χ4n) is 3.51. The highest BCUT2D eigenvalue weighted by Gasteiger charge is 2.50. The number of alkyl halides is 6. The maximum Gasteiger partial charge on any atom is 0.430 e. The van der Waals surface area contributed by atoms with Gasteiger partial charge in [0, 0.05) is 18.3 Å². The van der Waals surface area contributed by atoms with Crippen molar-refractivity contribution in [3.8, 4) is 11.5 Å². The van der Waals surface area contributed by atoms with Crippen LogP contribution in [0.5, 0.6) is 11.5 Å². The van der Waals surface area contributed by atoms with Crippen LogP contribution in [0.3, 0.4) is 0 Å². The van der Waals surface area contributed by atoms with Gasteiger partial charge in [-0.3, -0.25) is 0 Å². The molecule has 4 rings (SSSR count). The van der Waals surface area contributed by atoms with E-state index >= 15 is 0 Å². The molecule has 0 amide bonds. The molecule has 0 aliphatic carbocycles. The molecule has 1 N–H and O–H groups in total. The van der Waals surface area contributed by atoms with Gasteiger partial charge in [0.25, 0.3) is 0 Å². The Labute approximate surface area is 259 Å². The SMILES string of the molecule is CCOC(=O)C1=Cc2cc(I)cc(Cl)c2OC1C(F)(F)F.O=C(O)C1=Cc2cc(I)cc(Cl)c2OC1C(F)(F)F. The van der Waals surface area contributed by atoms with Crippen molar-refractivity contribution >= 4 is 92.5 Å². The van der Waals surface area contributed by atoms with Crippen molar-refractivity contribution in [3.05, 3.63) is 63.7 Å². The lowest BCUT2D eigenvalue weighted by Crippen LogP contribution is -2.40. The predicted molar refractivity (Wildman–Crippen MR) is 150 cm³/mol. The zero-order chi connectivity index (χ0) is 30.2. The Bertz CT molecular complexity index is 1410. The van der Waals surface area contributed by atoms with Crippen molar-refractivity contribution in [2.24, 2.45) is 0 Å². The third-order valence-electron chi connectivity index (χ3n) is 5.09. The summed E-state index contributed by atoms with van der Waals surface area (Å²) in [5.74, 6) is -2.98. The molecule has 0 bridgehead atoms. The Morgan fingerprint density at radius 1 is 0.850 bits per heavy atom. The molecular weight excluding hydrogens is 823 g/mol. The molecule has 2 heterocycles. The number of benzene rings is 2. The van der Waals surface area contributed by atoms with E-state index < -0.39 is 47.6 Å². The van der Waals surface area contributed by atoms with Gasteiger partial charge in [-0.1, -0.05) is 23.2 Å². The quantitative estimate of drug-likeness (QED) is 0.192. The Morgan fingerprint density at radius 3 is 1.62 bits per heavy atom. The molecule has 2 atom stereocenters. The van der Waals surface area contributed by atoms with Crippen LogP contribution in [0.25, 0.3) is 12.2 Å². The number of carbonyl (C=O) groups excluding carboxylic acids is 1. The molecule has 0 radical (unpaired) electrons. The molecule has 0 saturated carbocycles. The predicted octanol–water partition coefficient (Wildman–Crippen LogP) is 7.95. The first-order chi connectivity index (χ1) is 18.4. The fourth-order valence-corrected chi connectivity index (χ4v) is 5.72. The van der Waals surface area contributed by atoms with Crippen molar-refractivity contribution in [1.29, 1.82) is 0 Å². The number of hydrogen-bond donors (Lipinski definition) is 1. The van der Waals surface area contributed by atoms with E-state index in [1.807, 2.05) is 45.2 Å². The summed E-state index contributed by atoms with van der Waals surface area (Å²) in [4.78, 5) is 22.6. The molecular formula is C24H14Cl2F6I2O6. The van der Waals surface area contributed by atoms with Gasteiger partial charge in [0.2, 0.25) is 12.2 Å². The van der Waals surface area contributed by atoms with Gasteiger partial charge in [-0.05, 0) is 88.5 Å². The number of fused-ring (bicyclic) bond motifs is 2.